The van der Waals surface area contributed by atoms with E-state index in [1.165, 1.54) is 6.07 Å². The van der Waals surface area contributed by atoms with E-state index in [-0.39, 0.29) is 17.9 Å². The lowest BCUT2D eigenvalue weighted by molar-refractivity contribution is -0.385. The van der Waals surface area contributed by atoms with E-state index in [0.29, 0.717) is 17.9 Å². The number of Topliss-reactive ketones (excluding diaryl/α,β-unsaturated/α-hetero) is 1. The van der Waals surface area contributed by atoms with Crippen molar-refractivity contribution in [2.24, 2.45) is 5.92 Å². The van der Waals surface area contributed by atoms with Gasteiger partial charge in [-0.3, -0.25) is 14.9 Å². The molecule has 4 nitrogen and oxygen atoms in total. The molecule has 0 radical (unpaired) electrons. The van der Waals surface area contributed by atoms with Gasteiger partial charge in [-0.05, 0) is 12.3 Å². The lowest BCUT2D eigenvalue weighted by Gasteiger charge is -2.04. The number of hydrogen-bond acceptors (Lipinski definition) is 3. The van der Waals surface area contributed by atoms with E-state index >= 15 is 0 Å². The van der Waals surface area contributed by atoms with Gasteiger partial charge >= 0.3 is 0 Å². The number of rotatable bonds is 6. The van der Waals surface area contributed by atoms with Gasteiger partial charge in [0.05, 0.1) is 4.92 Å². The van der Waals surface area contributed by atoms with Crippen molar-refractivity contribution in [3.63, 3.8) is 0 Å². The highest BCUT2D eigenvalue weighted by atomic mass is 16.6. The minimum absolute atomic E-state index is 0.0328. The van der Waals surface area contributed by atoms with Crippen molar-refractivity contribution in [1.29, 1.82) is 0 Å². The number of carbonyl (C=O) groups is 1. The monoisotopic (exact) mass is 235 g/mol. The van der Waals surface area contributed by atoms with Crippen LogP contribution in [-0.4, -0.2) is 10.7 Å². The fourth-order valence-corrected chi connectivity index (χ4v) is 1.59. The van der Waals surface area contributed by atoms with Crippen LogP contribution in [-0.2, 0) is 11.2 Å². The molecule has 1 aromatic carbocycles. The minimum atomic E-state index is -0.439. The Bertz CT molecular complexity index is 413. The Morgan fingerprint density at radius 2 is 2.00 bits per heavy atom. The van der Waals surface area contributed by atoms with E-state index in [0.717, 1.165) is 6.42 Å². The summed E-state index contributed by atoms with van der Waals surface area (Å²) in [7, 11) is 0. The second-order valence-corrected chi connectivity index (χ2v) is 4.53. The lowest BCUT2D eigenvalue weighted by Crippen LogP contribution is -2.06. The molecule has 0 aliphatic carbocycles. The smallest absolute Gasteiger partial charge is 0.273 e. The van der Waals surface area contributed by atoms with Crippen LogP contribution < -0.4 is 0 Å². The second-order valence-electron chi connectivity index (χ2n) is 4.53. The van der Waals surface area contributed by atoms with E-state index in [1.807, 2.05) is 0 Å². The molecule has 1 rings (SSSR count). The topological polar surface area (TPSA) is 60.2 Å². The van der Waals surface area contributed by atoms with Crippen LogP contribution in [0, 0.1) is 16.0 Å². The lowest BCUT2D eigenvalue weighted by atomic mass is 10.0. The molecule has 0 bridgehead atoms. The zero-order chi connectivity index (χ0) is 12.8. The number of carbonyl (C=O) groups excluding carboxylic acids is 1. The third-order valence-corrected chi connectivity index (χ3v) is 2.58. The van der Waals surface area contributed by atoms with Crippen molar-refractivity contribution in [2.75, 3.05) is 0 Å². The molecule has 0 aliphatic rings. The van der Waals surface area contributed by atoms with Crippen LogP contribution in [0.4, 0.5) is 5.69 Å². The fraction of sp³-hybridized carbons (Fsp3) is 0.462. The van der Waals surface area contributed by atoms with Crippen molar-refractivity contribution < 1.29 is 9.72 Å². The first kappa shape index (κ1) is 13.4. The van der Waals surface area contributed by atoms with Gasteiger partial charge in [0.15, 0.2) is 0 Å². The Morgan fingerprint density at radius 3 is 2.59 bits per heavy atom. The summed E-state index contributed by atoms with van der Waals surface area (Å²) in [5.74, 6) is 0.540. The third kappa shape index (κ3) is 4.34. The molecule has 0 atom stereocenters. The highest BCUT2D eigenvalue weighted by Gasteiger charge is 2.15. The molecule has 0 fully saturated rings. The molecule has 0 aromatic heterocycles. The maximum atomic E-state index is 11.7. The third-order valence-electron chi connectivity index (χ3n) is 2.58. The van der Waals surface area contributed by atoms with E-state index < -0.39 is 4.92 Å². The highest BCUT2D eigenvalue weighted by Crippen LogP contribution is 2.19. The normalized spacial score (nSPS) is 10.5. The van der Waals surface area contributed by atoms with Gasteiger partial charge in [0.2, 0.25) is 0 Å². The van der Waals surface area contributed by atoms with E-state index in [1.54, 1.807) is 18.2 Å². The Balaban J connectivity index is 2.68. The van der Waals surface area contributed by atoms with Gasteiger partial charge in [0, 0.05) is 24.5 Å². The standard InChI is InChI=1S/C13H17NO3/c1-10(2)7-8-12(15)9-11-5-3-4-6-13(11)14(16)17/h3-6,10H,7-9H2,1-2H3. The summed E-state index contributed by atoms with van der Waals surface area (Å²) in [6, 6.07) is 6.41. The van der Waals surface area contributed by atoms with E-state index in [4.69, 9.17) is 0 Å². The molecule has 17 heavy (non-hydrogen) atoms. The summed E-state index contributed by atoms with van der Waals surface area (Å²) in [6.07, 6.45) is 1.48. The van der Waals surface area contributed by atoms with Gasteiger partial charge in [-0.2, -0.15) is 0 Å². The predicted octanol–water partition coefficient (Wildman–Crippen LogP) is 3.14. The summed E-state index contributed by atoms with van der Waals surface area (Å²) < 4.78 is 0. The number of hydrogen-bond donors (Lipinski definition) is 0. The van der Waals surface area contributed by atoms with Gasteiger partial charge < -0.3 is 0 Å². The predicted molar refractivity (Wildman–Crippen MR) is 65.9 cm³/mol. The zero-order valence-electron chi connectivity index (χ0n) is 10.2. The largest absolute Gasteiger partial charge is 0.299 e. The van der Waals surface area contributed by atoms with Crippen LogP contribution in [0.1, 0.15) is 32.3 Å². The summed E-state index contributed by atoms with van der Waals surface area (Å²) in [5, 5.41) is 10.8. The average Bonchev–Trinajstić information content (AvgIpc) is 2.27. The molecule has 0 unspecified atom stereocenters. The molecule has 92 valence electrons. The maximum Gasteiger partial charge on any atom is 0.273 e. The number of benzene rings is 1. The molecule has 0 N–H and O–H groups in total. The first-order valence-corrected chi connectivity index (χ1v) is 5.74. The Morgan fingerprint density at radius 1 is 1.35 bits per heavy atom. The highest BCUT2D eigenvalue weighted by molar-refractivity contribution is 5.81. The quantitative estimate of drug-likeness (QED) is 0.562. The Labute approximate surface area is 101 Å². The number of ketones is 1. The first-order valence-electron chi connectivity index (χ1n) is 5.74. The molecule has 0 heterocycles. The second kappa shape index (κ2) is 6.13. The van der Waals surface area contributed by atoms with Crippen molar-refractivity contribution in [3.8, 4) is 0 Å². The number of nitro benzene ring substituents is 1. The molecular formula is C13H17NO3. The van der Waals surface area contributed by atoms with Crippen molar-refractivity contribution >= 4 is 11.5 Å². The fourth-order valence-electron chi connectivity index (χ4n) is 1.59. The molecule has 0 aliphatic heterocycles. The number of nitrogens with zero attached hydrogens (tertiary/aromatic N) is 1. The zero-order valence-corrected chi connectivity index (χ0v) is 10.2. The van der Waals surface area contributed by atoms with Gasteiger partial charge in [-0.1, -0.05) is 32.0 Å². The Kier molecular flexibility index (Phi) is 4.82. The molecule has 0 saturated heterocycles. The average molecular weight is 235 g/mol. The van der Waals surface area contributed by atoms with Crippen molar-refractivity contribution in [3.05, 3.63) is 39.9 Å². The molecule has 0 amide bonds. The summed E-state index contributed by atoms with van der Waals surface area (Å²) in [5.41, 5.74) is 0.539. The van der Waals surface area contributed by atoms with Crippen molar-refractivity contribution in [2.45, 2.75) is 33.1 Å². The van der Waals surface area contributed by atoms with Crippen LogP contribution in [0.2, 0.25) is 0 Å². The molecule has 1 aromatic rings. The molecule has 0 saturated carbocycles. The first-order chi connectivity index (χ1) is 8.00. The van der Waals surface area contributed by atoms with Crippen molar-refractivity contribution in [1.82, 2.24) is 0 Å². The van der Waals surface area contributed by atoms with E-state index in [9.17, 15) is 14.9 Å². The van der Waals surface area contributed by atoms with Crippen LogP contribution in [0.25, 0.3) is 0 Å². The Hall–Kier alpha value is -1.71. The van der Waals surface area contributed by atoms with Crippen LogP contribution in [0.15, 0.2) is 24.3 Å². The molecular weight excluding hydrogens is 218 g/mol. The number of nitro groups is 1. The van der Waals surface area contributed by atoms with E-state index in [2.05, 4.69) is 13.8 Å². The minimum Gasteiger partial charge on any atom is -0.299 e. The van der Waals surface area contributed by atoms with Crippen LogP contribution in [0.3, 0.4) is 0 Å². The molecule has 4 heteroatoms. The SMILES string of the molecule is CC(C)CCC(=O)Cc1ccccc1[N+](=O)[O-]. The van der Waals surface area contributed by atoms with Gasteiger partial charge in [-0.15, -0.1) is 0 Å². The summed E-state index contributed by atoms with van der Waals surface area (Å²) in [6.45, 7) is 4.11. The molecule has 0 spiro atoms. The van der Waals surface area contributed by atoms with Gasteiger partial charge in [-0.25, -0.2) is 0 Å². The number of para-hydroxylation sites is 1. The van der Waals surface area contributed by atoms with Crippen LogP contribution in [0.5, 0.6) is 0 Å². The maximum absolute atomic E-state index is 11.7. The van der Waals surface area contributed by atoms with Gasteiger partial charge in [0.25, 0.3) is 5.69 Å². The summed E-state index contributed by atoms with van der Waals surface area (Å²) >= 11 is 0. The summed E-state index contributed by atoms with van der Waals surface area (Å²) in [4.78, 5) is 22.0. The van der Waals surface area contributed by atoms with Gasteiger partial charge in [0.1, 0.15) is 5.78 Å². The van der Waals surface area contributed by atoms with Crippen LogP contribution >= 0.6 is 0 Å².